The number of Topliss-reactive ketones (excluding diaryl/α,β-unsaturated/α-hetero) is 1. The number of nitrogens with one attached hydrogen (secondary N) is 1. The number of pyridine rings is 2. The number of benzene rings is 1. The topological polar surface area (TPSA) is 93.5 Å². The summed E-state index contributed by atoms with van der Waals surface area (Å²) in [5.74, 6) is 0.275. The van der Waals surface area contributed by atoms with Gasteiger partial charge in [0, 0.05) is 36.5 Å². The number of aryl methyl sites for hydroxylation is 2. The van der Waals surface area contributed by atoms with Gasteiger partial charge in [0.25, 0.3) is 5.56 Å². The van der Waals surface area contributed by atoms with Gasteiger partial charge in [-0.2, -0.15) is 0 Å². The first-order valence-electron chi connectivity index (χ1n) is 13.8. The molecule has 0 aliphatic heterocycles. The molecule has 1 amide bonds. The van der Waals surface area contributed by atoms with Crippen LogP contribution < -0.4 is 15.6 Å². The lowest BCUT2D eigenvalue weighted by atomic mass is 9.94. The summed E-state index contributed by atoms with van der Waals surface area (Å²) in [5.41, 5.74) is 4.43. The van der Waals surface area contributed by atoms with E-state index in [1.807, 2.05) is 77.0 Å². The summed E-state index contributed by atoms with van der Waals surface area (Å²) < 4.78 is 7.28. The zero-order valence-electron chi connectivity index (χ0n) is 24.7. The number of nitrogens with zero attached hydrogens (tertiary/aromatic N) is 3. The Kier molecular flexibility index (Phi) is 10.8. The molecule has 40 heavy (non-hydrogen) atoms. The second-order valence-electron chi connectivity index (χ2n) is 11.1. The number of aromatic nitrogens is 2. The molecule has 8 heteroatoms. The number of hydrogen-bond acceptors (Lipinski definition) is 6. The van der Waals surface area contributed by atoms with Crippen LogP contribution in [0.2, 0.25) is 0 Å². The van der Waals surface area contributed by atoms with E-state index in [1.54, 1.807) is 18.5 Å². The molecule has 2 aromatic heterocycles. The van der Waals surface area contributed by atoms with Crippen molar-refractivity contribution in [3.8, 4) is 16.9 Å². The molecule has 0 bridgehead atoms. The van der Waals surface area contributed by atoms with Crippen molar-refractivity contribution in [2.24, 2.45) is 5.92 Å². The lowest BCUT2D eigenvalue weighted by Crippen LogP contribution is -2.40. The molecule has 0 aliphatic rings. The quantitative estimate of drug-likeness (QED) is 0.328. The van der Waals surface area contributed by atoms with Crippen LogP contribution in [0.1, 0.15) is 62.5 Å². The standard InChI is InChI=1S/C32H42N4O4/c1-21(2)16-30(36-20-26(12-13-31(36)38)40-15-14-35(6)7)32(39)34-29(17-23(4)37)25-18-28(24(5)33-19-25)27-11-9-8-10-22(27)3/h8-13,18-21,29-30H,14-17H2,1-7H3,(H,34,39)/t29-,30-/m0/s1. The van der Waals surface area contributed by atoms with E-state index in [0.29, 0.717) is 18.8 Å². The fourth-order valence-electron chi connectivity index (χ4n) is 4.65. The van der Waals surface area contributed by atoms with E-state index < -0.39 is 12.1 Å². The third-order valence-electron chi connectivity index (χ3n) is 6.81. The van der Waals surface area contributed by atoms with Crippen molar-refractivity contribution in [1.82, 2.24) is 19.8 Å². The molecule has 0 fully saturated rings. The van der Waals surface area contributed by atoms with Crippen LogP contribution in [0.25, 0.3) is 11.1 Å². The molecular weight excluding hydrogens is 504 g/mol. The van der Waals surface area contributed by atoms with Crippen LogP contribution >= 0.6 is 0 Å². The summed E-state index contributed by atoms with van der Waals surface area (Å²) in [6.45, 7) is 10.7. The number of ketones is 1. The second kappa shape index (κ2) is 14.0. The highest BCUT2D eigenvalue weighted by molar-refractivity contribution is 5.83. The van der Waals surface area contributed by atoms with Crippen LogP contribution in [0, 0.1) is 19.8 Å². The molecule has 2 heterocycles. The molecule has 2 atom stereocenters. The van der Waals surface area contributed by atoms with Crippen molar-refractivity contribution in [2.75, 3.05) is 27.2 Å². The first kappa shape index (κ1) is 30.8. The van der Waals surface area contributed by atoms with Crippen molar-refractivity contribution < 1.29 is 14.3 Å². The predicted molar refractivity (Wildman–Crippen MR) is 159 cm³/mol. The molecular formula is C32H42N4O4. The maximum absolute atomic E-state index is 13.8. The van der Waals surface area contributed by atoms with Gasteiger partial charge in [0.2, 0.25) is 5.91 Å². The maximum atomic E-state index is 13.8. The lowest BCUT2D eigenvalue weighted by Gasteiger charge is -2.26. The van der Waals surface area contributed by atoms with E-state index in [4.69, 9.17) is 4.74 Å². The smallest absolute Gasteiger partial charge is 0.251 e. The summed E-state index contributed by atoms with van der Waals surface area (Å²) in [7, 11) is 3.91. The highest BCUT2D eigenvalue weighted by Crippen LogP contribution is 2.30. The Bertz CT molecular complexity index is 1380. The van der Waals surface area contributed by atoms with Crippen LogP contribution in [0.15, 0.2) is 59.7 Å². The van der Waals surface area contributed by atoms with E-state index in [-0.39, 0.29) is 29.6 Å². The van der Waals surface area contributed by atoms with Gasteiger partial charge in [0.05, 0.1) is 12.2 Å². The number of carbonyl (C=O) groups excluding carboxylic acids is 2. The predicted octanol–water partition coefficient (Wildman–Crippen LogP) is 4.89. The maximum Gasteiger partial charge on any atom is 0.251 e. The second-order valence-corrected chi connectivity index (χ2v) is 11.1. The van der Waals surface area contributed by atoms with Crippen molar-refractivity contribution in [2.45, 2.75) is 59.5 Å². The molecule has 8 nitrogen and oxygen atoms in total. The molecule has 214 valence electrons. The lowest BCUT2D eigenvalue weighted by molar-refractivity contribution is -0.126. The minimum atomic E-state index is -0.770. The Labute approximate surface area is 237 Å². The normalized spacial score (nSPS) is 12.8. The van der Waals surface area contributed by atoms with Gasteiger partial charge in [0.15, 0.2) is 0 Å². The first-order valence-corrected chi connectivity index (χ1v) is 13.8. The van der Waals surface area contributed by atoms with Crippen molar-refractivity contribution in [1.29, 1.82) is 0 Å². The SMILES string of the molecule is CC(=O)C[C@H](NC(=O)[C@H](CC(C)C)n1cc(OCCN(C)C)ccc1=O)c1cnc(C)c(-c2ccccc2C)c1. The first-order chi connectivity index (χ1) is 19.0. The average Bonchev–Trinajstić information content (AvgIpc) is 2.88. The minimum absolute atomic E-state index is 0.0582. The third kappa shape index (κ3) is 8.36. The molecule has 3 aromatic rings. The van der Waals surface area contributed by atoms with Crippen molar-refractivity contribution >= 4 is 11.7 Å². The summed E-state index contributed by atoms with van der Waals surface area (Å²) in [6, 6.07) is 11.8. The van der Waals surface area contributed by atoms with Crippen LogP contribution in [0.3, 0.4) is 0 Å². The van der Waals surface area contributed by atoms with Crippen LogP contribution in [0.5, 0.6) is 5.75 Å². The highest BCUT2D eigenvalue weighted by atomic mass is 16.5. The summed E-state index contributed by atoms with van der Waals surface area (Å²) >= 11 is 0. The van der Waals surface area contributed by atoms with Gasteiger partial charge in [-0.1, -0.05) is 38.1 Å². The molecule has 1 aromatic carbocycles. The summed E-state index contributed by atoms with van der Waals surface area (Å²) in [6.07, 6.45) is 3.88. The van der Waals surface area contributed by atoms with Crippen molar-refractivity contribution in [3.63, 3.8) is 0 Å². The largest absolute Gasteiger partial charge is 0.491 e. The number of carbonyl (C=O) groups is 2. The van der Waals surface area contributed by atoms with E-state index in [2.05, 4.69) is 10.3 Å². The third-order valence-corrected chi connectivity index (χ3v) is 6.81. The van der Waals surface area contributed by atoms with Gasteiger partial charge in [-0.15, -0.1) is 0 Å². The zero-order chi connectivity index (χ0) is 29.4. The van der Waals surface area contributed by atoms with Gasteiger partial charge in [-0.05, 0) is 76.0 Å². The zero-order valence-corrected chi connectivity index (χ0v) is 24.7. The van der Waals surface area contributed by atoms with E-state index in [0.717, 1.165) is 34.5 Å². The monoisotopic (exact) mass is 546 g/mol. The molecule has 0 aliphatic carbocycles. The number of ether oxygens (including phenoxy) is 1. The number of rotatable bonds is 13. The molecule has 0 saturated heterocycles. The Balaban J connectivity index is 1.96. The fraction of sp³-hybridized carbons (Fsp3) is 0.438. The summed E-state index contributed by atoms with van der Waals surface area (Å²) in [4.78, 5) is 45.7. The fourth-order valence-corrected chi connectivity index (χ4v) is 4.65. The van der Waals surface area contributed by atoms with Crippen LogP contribution in [0.4, 0.5) is 0 Å². The number of hydrogen-bond donors (Lipinski definition) is 1. The molecule has 0 unspecified atom stereocenters. The van der Waals surface area contributed by atoms with Gasteiger partial charge in [-0.3, -0.25) is 23.9 Å². The minimum Gasteiger partial charge on any atom is -0.491 e. The van der Waals surface area contributed by atoms with Crippen LogP contribution in [-0.2, 0) is 9.59 Å². The van der Waals surface area contributed by atoms with Gasteiger partial charge in [0.1, 0.15) is 24.2 Å². The van der Waals surface area contributed by atoms with Crippen molar-refractivity contribution in [3.05, 3.63) is 82.0 Å². The summed E-state index contributed by atoms with van der Waals surface area (Å²) in [5, 5.41) is 3.08. The van der Waals surface area contributed by atoms with E-state index in [9.17, 15) is 14.4 Å². The van der Waals surface area contributed by atoms with Gasteiger partial charge >= 0.3 is 0 Å². The molecule has 0 radical (unpaired) electrons. The molecule has 0 spiro atoms. The average molecular weight is 547 g/mol. The Morgan fingerprint density at radius 2 is 1.80 bits per heavy atom. The van der Waals surface area contributed by atoms with Gasteiger partial charge in [-0.25, -0.2) is 0 Å². The number of likely N-dealkylation sites (N-methyl/N-ethyl adjacent to an activating group) is 1. The molecule has 3 rings (SSSR count). The molecule has 1 N–H and O–H groups in total. The Morgan fingerprint density at radius 1 is 1.07 bits per heavy atom. The number of amides is 1. The van der Waals surface area contributed by atoms with Crippen LogP contribution in [-0.4, -0.2) is 53.4 Å². The van der Waals surface area contributed by atoms with E-state index in [1.165, 1.54) is 17.6 Å². The molecule has 0 saturated carbocycles. The van der Waals surface area contributed by atoms with E-state index >= 15 is 0 Å². The van der Waals surface area contributed by atoms with Gasteiger partial charge < -0.3 is 15.0 Å². The highest BCUT2D eigenvalue weighted by Gasteiger charge is 2.27. The Morgan fingerprint density at radius 3 is 2.45 bits per heavy atom. The Hall–Kier alpha value is -3.78.